The molecule has 2 amide bonds. The third kappa shape index (κ3) is 2.09. The second-order valence-electron chi connectivity index (χ2n) is 7.48. The highest BCUT2D eigenvalue weighted by molar-refractivity contribution is 6.11. The highest BCUT2D eigenvalue weighted by atomic mass is 16.2. The van der Waals surface area contributed by atoms with Crippen molar-refractivity contribution in [1.29, 1.82) is 0 Å². The molecule has 0 radical (unpaired) electrons. The van der Waals surface area contributed by atoms with Crippen LogP contribution < -0.4 is 0 Å². The molecule has 2 saturated carbocycles. The summed E-state index contributed by atoms with van der Waals surface area (Å²) in [4.78, 5) is 39.2. The molecule has 3 aliphatic rings. The second-order valence-corrected chi connectivity index (χ2v) is 7.48. The normalized spacial score (nSPS) is 33.2. The maximum atomic E-state index is 12.8. The number of rotatable bonds is 3. The van der Waals surface area contributed by atoms with Gasteiger partial charge in [-0.2, -0.15) is 0 Å². The van der Waals surface area contributed by atoms with Crippen LogP contribution in [0.1, 0.15) is 25.8 Å². The molecular formula is C20H21NO3. The summed E-state index contributed by atoms with van der Waals surface area (Å²) < 4.78 is 0. The number of benzene rings is 1. The zero-order valence-corrected chi connectivity index (χ0v) is 13.9. The van der Waals surface area contributed by atoms with Gasteiger partial charge in [0.05, 0.1) is 18.4 Å². The minimum Gasteiger partial charge on any atom is -0.295 e. The molecule has 24 heavy (non-hydrogen) atoms. The third-order valence-corrected chi connectivity index (χ3v) is 5.60. The van der Waals surface area contributed by atoms with E-state index in [0.29, 0.717) is 13.0 Å². The number of imide groups is 1. The summed E-state index contributed by atoms with van der Waals surface area (Å²) in [6.45, 7) is 4.41. The Labute approximate surface area is 141 Å². The first-order valence-corrected chi connectivity index (χ1v) is 8.63. The molecule has 4 heteroatoms. The Hall–Kier alpha value is -2.23. The largest absolute Gasteiger partial charge is 0.295 e. The van der Waals surface area contributed by atoms with Crippen LogP contribution in [0.25, 0.3) is 0 Å². The van der Waals surface area contributed by atoms with Crippen molar-refractivity contribution in [2.75, 3.05) is 0 Å². The molecule has 4 nitrogen and oxygen atoms in total. The first-order valence-electron chi connectivity index (χ1n) is 8.63. The van der Waals surface area contributed by atoms with Crippen molar-refractivity contribution in [1.82, 2.24) is 4.90 Å². The highest BCUT2D eigenvalue weighted by Gasteiger charge is 2.68. The SMILES string of the molecule is CC(C)/C=C1/C(=O)C[C@H]2[C@@H]3C(=O)N(Cc4ccccc4)C(=O)[C@@H]3[C@@H]12. The number of fused-ring (bicyclic) bond motifs is 4. The summed E-state index contributed by atoms with van der Waals surface area (Å²) in [6.07, 6.45) is 2.41. The molecule has 124 valence electrons. The number of amides is 2. The summed E-state index contributed by atoms with van der Waals surface area (Å²) >= 11 is 0. The summed E-state index contributed by atoms with van der Waals surface area (Å²) in [5, 5.41) is 0. The number of carbonyl (C=O) groups is 3. The maximum Gasteiger partial charge on any atom is 0.234 e. The van der Waals surface area contributed by atoms with Crippen LogP contribution in [0.5, 0.6) is 0 Å². The number of Topliss-reactive ketones (excluding diaryl/α,β-unsaturated/α-hetero) is 1. The number of likely N-dealkylation sites (tertiary alicyclic amines) is 1. The molecule has 3 fully saturated rings. The minimum absolute atomic E-state index is 0.0322. The number of hydrogen-bond acceptors (Lipinski definition) is 3. The summed E-state index contributed by atoms with van der Waals surface area (Å²) in [5.74, 6) is -0.395. The quantitative estimate of drug-likeness (QED) is 0.634. The van der Waals surface area contributed by atoms with Gasteiger partial charge in [-0.3, -0.25) is 19.3 Å². The molecule has 2 aliphatic carbocycles. The average molecular weight is 323 g/mol. The van der Waals surface area contributed by atoms with E-state index in [2.05, 4.69) is 0 Å². The molecule has 1 aliphatic heterocycles. The molecule has 0 N–H and O–H groups in total. The van der Waals surface area contributed by atoms with Gasteiger partial charge >= 0.3 is 0 Å². The summed E-state index contributed by atoms with van der Waals surface area (Å²) in [6, 6.07) is 9.59. The van der Waals surface area contributed by atoms with Crippen molar-refractivity contribution >= 4 is 17.6 Å². The maximum absolute atomic E-state index is 12.8. The molecule has 4 atom stereocenters. The smallest absolute Gasteiger partial charge is 0.234 e. The monoisotopic (exact) mass is 323 g/mol. The van der Waals surface area contributed by atoms with E-state index in [-0.39, 0.29) is 47.2 Å². The van der Waals surface area contributed by atoms with Crippen LogP contribution >= 0.6 is 0 Å². The van der Waals surface area contributed by atoms with Crippen LogP contribution in [0, 0.1) is 29.6 Å². The Morgan fingerprint density at radius 1 is 1.04 bits per heavy atom. The van der Waals surface area contributed by atoms with Crippen LogP contribution in [-0.2, 0) is 20.9 Å². The number of carbonyl (C=O) groups excluding carboxylic acids is 3. The zero-order chi connectivity index (χ0) is 17.0. The van der Waals surface area contributed by atoms with Crippen LogP contribution in [0.3, 0.4) is 0 Å². The Bertz CT molecular complexity index is 749. The van der Waals surface area contributed by atoms with Crippen molar-refractivity contribution in [3.8, 4) is 0 Å². The van der Waals surface area contributed by atoms with Gasteiger partial charge < -0.3 is 0 Å². The molecule has 0 aromatic heterocycles. The Morgan fingerprint density at radius 2 is 1.71 bits per heavy atom. The van der Waals surface area contributed by atoms with E-state index in [0.717, 1.165) is 11.1 Å². The van der Waals surface area contributed by atoms with E-state index in [9.17, 15) is 14.4 Å². The molecule has 0 unspecified atom stereocenters. The van der Waals surface area contributed by atoms with Crippen LogP contribution in [-0.4, -0.2) is 22.5 Å². The fourth-order valence-electron chi connectivity index (χ4n) is 4.63. The van der Waals surface area contributed by atoms with Crippen LogP contribution in [0.15, 0.2) is 42.0 Å². The van der Waals surface area contributed by atoms with E-state index in [1.54, 1.807) is 0 Å². The number of ketones is 1. The third-order valence-electron chi connectivity index (χ3n) is 5.60. The number of allylic oxidation sites excluding steroid dienone is 2. The van der Waals surface area contributed by atoms with Gasteiger partial charge in [-0.05, 0) is 23.0 Å². The molecule has 0 spiro atoms. The van der Waals surface area contributed by atoms with Gasteiger partial charge in [-0.25, -0.2) is 0 Å². The van der Waals surface area contributed by atoms with E-state index in [1.165, 1.54) is 4.90 Å². The van der Waals surface area contributed by atoms with E-state index in [1.807, 2.05) is 50.3 Å². The summed E-state index contributed by atoms with van der Waals surface area (Å²) in [7, 11) is 0. The predicted molar refractivity (Wildman–Crippen MR) is 88.5 cm³/mol. The van der Waals surface area contributed by atoms with Gasteiger partial charge in [-0.1, -0.05) is 50.3 Å². The predicted octanol–water partition coefficient (Wildman–Crippen LogP) is 2.59. The van der Waals surface area contributed by atoms with Crippen molar-refractivity contribution in [3.63, 3.8) is 0 Å². The van der Waals surface area contributed by atoms with Gasteiger partial charge in [0.15, 0.2) is 5.78 Å². The van der Waals surface area contributed by atoms with Gasteiger partial charge in [0.1, 0.15) is 0 Å². The van der Waals surface area contributed by atoms with Crippen molar-refractivity contribution in [3.05, 3.63) is 47.5 Å². The van der Waals surface area contributed by atoms with Crippen LogP contribution in [0.4, 0.5) is 0 Å². The number of hydrogen-bond donors (Lipinski definition) is 0. The lowest BCUT2D eigenvalue weighted by Gasteiger charge is -2.41. The first-order chi connectivity index (χ1) is 11.5. The van der Waals surface area contributed by atoms with Gasteiger partial charge in [0.25, 0.3) is 0 Å². The standard InChI is InChI=1S/C20H21NO3/c1-11(2)8-13-15(22)9-14-16(13)18-17(14)19(23)21(20(18)24)10-12-6-4-3-5-7-12/h3-8,11,14,16-18H,9-10H2,1-2H3/b13-8-/t14-,16+,17+,18-/m1/s1. The molecule has 1 saturated heterocycles. The number of nitrogens with zero attached hydrogens (tertiary/aromatic N) is 1. The Kier molecular flexibility index (Phi) is 3.44. The topological polar surface area (TPSA) is 54.5 Å². The first kappa shape index (κ1) is 15.3. The van der Waals surface area contributed by atoms with E-state index in [4.69, 9.17) is 0 Å². The minimum atomic E-state index is -0.317. The molecule has 1 aromatic carbocycles. The van der Waals surface area contributed by atoms with E-state index >= 15 is 0 Å². The lowest BCUT2D eigenvalue weighted by atomic mass is 9.58. The second kappa shape index (κ2) is 5.40. The average Bonchev–Trinajstić information content (AvgIpc) is 2.89. The Morgan fingerprint density at radius 3 is 2.38 bits per heavy atom. The lowest BCUT2D eigenvalue weighted by molar-refractivity contribution is -0.140. The van der Waals surface area contributed by atoms with Gasteiger partial charge in [0.2, 0.25) is 11.8 Å². The fourth-order valence-corrected chi connectivity index (χ4v) is 4.63. The Balaban J connectivity index is 1.61. The highest BCUT2D eigenvalue weighted by Crippen LogP contribution is 2.60. The van der Waals surface area contributed by atoms with E-state index < -0.39 is 0 Å². The van der Waals surface area contributed by atoms with Crippen molar-refractivity contribution in [2.45, 2.75) is 26.8 Å². The van der Waals surface area contributed by atoms with Gasteiger partial charge in [-0.15, -0.1) is 0 Å². The molecule has 1 heterocycles. The molecular weight excluding hydrogens is 302 g/mol. The molecule has 4 rings (SSSR count). The van der Waals surface area contributed by atoms with Crippen molar-refractivity contribution in [2.24, 2.45) is 29.6 Å². The lowest BCUT2D eigenvalue weighted by Crippen LogP contribution is -2.46. The van der Waals surface area contributed by atoms with Crippen molar-refractivity contribution < 1.29 is 14.4 Å². The molecule has 0 bridgehead atoms. The van der Waals surface area contributed by atoms with Crippen LogP contribution in [0.2, 0.25) is 0 Å². The fraction of sp³-hybridized carbons (Fsp3) is 0.450. The van der Waals surface area contributed by atoms with Gasteiger partial charge in [0, 0.05) is 12.3 Å². The zero-order valence-electron chi connectivity index (χ0n) is 13.9. The summed E-state index contributed by atoms with van der Waals surface area (Å²) in [5.41, 5.74) is 1.75. The molecule has 1 aromatic rings.